The molecule has 1 saturated heterocycles. The molecule has 0 radical (unpaired) electrons. The first-order chi connectivity index (χ1) is 9.85. The zero-order chi connectivity index (χ0) is 14.9. The van der Waals surface area contributed by atoms with Gasteiger partial charge in [0, 0.05) is 6.54 Å². The van der Waals surface area contributed by atoms with Crippen LogP contribution in [0.1, 0.15) is 38.5 Å². The van der Waals surface area contributed by atoms with Crippen LogP contribution >= 0.6 is 24.4 Å². The Morgan fingerprint density at radius 1 is 1.25 bits per heavy atom. The molecular weight excluding hydrogens is 284 g/mol. The third-order valence-corrected chi connectivity index (χ3v) is 4.42. The Kier molecular flexibility index (Phi) is 16.7. The van der Waals surface area contributed by atoms with E-state index in [2.05, 4.69) is 36.1 Å². The van der Waals surface area contributed by atoms with E-state index in [1.807, 2.05) is 24.1 Å². The van der Waals surface area contributed by atoms with Crippen molar-refractivity contribution in [2.24, 2.45) is 4.99 Å². The van der Waals surface area contributed by atoms with Crippen LogP contribution in [0.5, 0.6) is 0 Å². The largest absolute Gasteiger partial charge is 0.302 e. The first-order valence-corrected chi connectivity index (χ1v) is 9.19. The molecule has 0 aromatic carbocycles. The molecular formula is C16H30N2S2. The second-order valence-corrected chi connectivity index (χ2v) is 6.37. The number of hydrogen-bond acceptors (Lipinski definition) is 4. The highest BCUT2D eigenvalue weighted by Crippen LogP contribution is 2.22. The van der Waals surface area contributed by atoms with Gasteiger partial charge in [0.15, 0.2) is 0 Å². The lowest BCUT2D eigenvalue weighted by molar-refractivity contribution is 0.593. The fourth-order valence-corrected chi connectivity index (χ4v) is 3.13. The Labute approximate surface area is 135 Å². The van der Waals surface area contributed by atoms with Gasteiger partial charge in [-0.2, -0.15) is 12.6 Å². The van der Waals surface area contributed by atoms with Crippen LogP contribution in [-0.2, 0) is 0 Å². The van der Waals surface area contributed by atoms with Crippen LogP contribution < -0.4 is 5.32 Å². The van der Waals surface area contributed by atoms with Gasteiger partial charge in [-0.05, 0) is 49.8 Å². The number of nitrogens with zero attached hydrogens (tertiary/aromatic N) is 1. The standard InChI is InChI=1S/2C8H15NS/c1-2-6-9-8-5-3-4-7-10-8;1-2-6-9-7-4-3-5-8-10/h2,8-9H,1,3-7H2;2,7,10H,1,3-6,8H2. The summed E-state index contributed by atoms with van der Waals surface area (Å²) in [6.07, 6.45) is 13.3. The summed E-state index contributed by atoms with van der Waals surface area (Å²) < 4.78 is 0. The van der Waals surface area contributed by atoms with Crippen LogP contribution in [0.15, 0.2) is 30.3 Å². The lowest BCUT2D eigenvalue weighted by Gasteiger charge is -2.21. The lowest BCUT2D eigenvalue weighted by atomic mass is 10.2. The first-order valence-electron chi connectivity index (χ1n) is 7.51. The molecule has 1 N–H and O–H groups in total. The van der Waals surface area contributed by atoms with Gasteiger partial charge in [0.2, 0.25) is 0 Å². The predicted molar refractivity (Wildman–Crippen MR) is 99.6 cm³/mol. The van der Waals surface area contributed by atoms with Crippen molar-refractivity contribution in [3.05, 3.63) is 25.3 Å². The molecule has 0 aromatic rings. The van der Waals surface area contributed by atoms with Gasteiger partial charge >= 0.3 is 0 Å². The third kappa shape index (κ3) is 14.2. The Morgan fingerprint density at radius 2 is 2.10 bits per heavy atom. The van der Waals surface area contributed by atoms with E-state index >= 15 is 0 Å². The minimum Gasteiger partial charge on any atom is -0.302 e. The van der Waals surface area contributed by atoms with E-state index in [0.29, 0.717) is 5.37 Å². The number of thioether (sulfide) groups is 1. The van der Waals surface area contributed by atoms with Crippen LogP contribution in [-0.4, -0.2) is 36.2 Å². The van der Waals surface area contributed by atoms with E-state index in [1.54, 1.807) is 6.08 Å². The Hall–Kier alpha value is -0.190. The van der Waals surface area contributed by atoms with E-state index in [0.717, 1.165) is 25.3 Å². The quantitative estimate of drug-likeness (QED) is 0.286. The highest BCUT2D eigenvalue weighted by atomic mass is 32.2. The van der Waals surface area contributed by atoms with Crippen LogP contribution in [0.3, 0.4) is 0 Å². The van der Waals surface area contributed by atoms with Gasteiger partial charge in [-0.15, -0.1) is 24.9 Å². The summed E-state index contributed by atoms with van der Waals surface area (Å²) in [6.45, 7) is 8.95. The number of thiol groups is 1. The zero-order valence-corrected chi connectivity index (χ0v) is 14.3. The van der Waals surface area contributed by atoms with Crippen LogP contribution in [0.25, 0.3) is 0 Å². The highest BCUT2D eigenvalue weighted by Gasteiger charge is 2.11. The average molecular weight is 315 g/mol. The first kappa shape index (κ1) is 19.8. The number of rotatable bonds is 9. The molecule has 1 heterocycles. The summed E-state index contributed by atoms with van der Waals surface area (Å²) in [7, 11) is 0. The van der Waals surface area contributed by atoms with E-state index < -0.39 is 0 Å². The molecule has 116 valence electrons. The maximum absolute atomic E-state index is 4.10. The summed E-state index contributed by atoms with van der Waals surface area (Å²) in [4.78, 5) is 4.09. The van der Waals surface area contributed by atoms with Crippen molar-refractivity contribution in [1.29, 1.82) is 0 Å². The van der Waals surface area contributed by atoms with Gasteiger partial charge in [0.05, 0.1) is 11.9 Å². The van der Waals surface area contributed by atoms with Crippen LogP contribution in [0.2, 0.25) is 0 Å². The minimum absolute atomic E-state index is 0.701. The Morgan fingerprint density at radius 3 is 2.70 bits per heavy atom. The van der Waals surface area contributed by atoms with Crippen molar-refractivity contribution >= 4 is 30.6 Å². The summed E-state index contributed by atoms with van der Waals surface area (Å²) in [5.41, 5.74) is 0. The molecule has 20 heavy (non-hydrogen) atoms. The van der Waals surface area contributed by atoms with Gasteiger partial charge in [0.25, 0.3) is 0 Å². The zero-order valence-electron chi connectivity index (χ0n) is 12.6. The molecule has 1 aliphatic rings. The number of unbranched alkanes of at least 4 members (excludes halogenated alkanes) is 2. The summed E-state index contributed by atoms with van der Waals surface area (Å²) in [6, 6.07) is 0. The van der Waals surface area contributed by atoms with Crippen molar-refractivity contribution in [2.45, 2.75) is 43.9 Å². The molecule has 4 heteroatoms. The molecule has 1 unspecified atom stereocenters. The molecule has 2 nitrogen and oxygen atoms in total. The molecule has 1 fully saturated rings. The second-order valence-electron chi connectivity index (χ2n) is 4.61. The average Bonchev–Trinajstić information content (AvgIpc) is 2.50. The van der Waals surface area contributed by atoms with E-state index in [4.69, 9.17) is 0 Å². The van der Waals surface area contributed by atoms with Crippen molar-refractivity contribution in [2.75, 3.05) is 24.6 Å². The van der Waals surface area contributed by atoms with Gasteiger partial charge in [0.1, 0.15) is 0 Å². The molecule has 1 rings (SSSR count). The van der Waals surface area contributed by atoms with E-state index in [1.165, 1.54) is 37.9 Å². The molecule has 0 aliphatic carbocycles. The Bertz CT molecular complexity index is 249. The second kappa shape index (κ2) is 16.9. The van der Waals surface area contributed by atoms with E-state index in [-0.39, 0.29) is 0 Å². The van der Waals surface area contributed by atoms with Crippen LogP contribution in [0, 0.1) is 0 Å². The summed E-state index contributed by atoms with van der Waals surface area (Å²) in [5.74, 6) is 2.31. The highest BCUT2D eigenvalue weighted by molar-refractivity contribution is 7.99. The third-order valence-electron chi connectivity index (χ3n) is 2.77. The smallest absolute Gasteiger partial charge is 0.0563 e. The predicted octanol–water partition coefficient (Wildman–Crippen LogP) is 4.35. The molecule has 0 saturated carbocycles. The maximum Gasteiger partial charge on any atom is 0.0563 e. The molecule has 0 amide bonds. The topological polar surface area (TPSA) is 24.4 Å². The fourth-order valence-electron chi connectivity index (χ4n) is 1.70. The van der Waals surface area contributed by atoms with Gasteiger partial charge in [-0.3, -0.25) is 4.99 Å². The summed E-state index contributed by atoms with van der Waals surface area (Å²) >= 11 is 6.15. The lowest BCUT2D eigenvalue weighted by Crippen LogP contribution is -2.28. The molecule has 0 aromatic heterocycles. The van der Waals surface area contributed by atoms with Crippen molar-refractivity contribution in [3.8, 4) is 0 Å². The number of aliphatic imine (C=N–C) groups is 1. The maximum atomic E-state index is 4.10. The van der Waals surface area contributed by atoms with Crippen molar-refractivity contribution in [1.82, 2.24) is 5.32 Å². The summed E-state index contributed by atoms with van der Waals surface area (Å²) in [5, 5.41) is 4.12. The number of nitrogens with one attached hydrogen (secondary N) is 1. The SMILES string of the molecule is C=CCN=CCCCCS.C=CCNC1CCCCS1. The van der Waals surface area contributed by atoms with Gasteiger partial charge < -0.3 is 5.32 Å². The molecule has 0 bridgehead atoms. The van der Waals surface area contributed by atoms with Crippen molar-refractivity contribution < 1.29 is 0 Å². The van der Waals surface area contributed by atoms with Gasteiger partial charge in [-0.25, -0.2) is 0 Å². The molecule has 1 atom stereocenters. The Balaban J connectivity index is 0.000000361. The van der Waals surface area contributed by atoms with Crippen LogP contribution in [0.4, 0.5) is 0 Å². The monoisotopic (exact) mass is 314 g/mol. The molecule has 1 aliphatic heterocycles. The van der Waals surface area contributed by atoms with E-state index in [9.17, 15) is 0 Å². The minimum atomic E-state index is 0.701. The molecule has 0 spiro atoms. The van der Waals surface area contributed by atoms with Crippen molar-refractivity contribution in [3.63, 3.8) is 0 Å². The number of hydrogen-bond donors (Lipinski definition) is 2. The van der Waals surface area contributed by atoms with Gasteiger partial charge in [-0.1, -0.05) is 18.6 Å². The normalized spacial score (nSPS) is 18.4. The fraction of sp³-hybridized carbons (Fsp3) is 0.688.